The minimum absolute atomic E-state index is 0.0381. The van der Waals surface area contributed by atoms with Gasteiger partial charge in [0.2, 0.25) is 0 Å². The maximum absolute atomic E-state index is 13.0. The van der Waals surface area contributed by atoms with Gasteiger partial charge in [0.05, 0.1) is 5.71 Å². The van der Waals surface area contributed by atoms with Crippen LogP contribution in [0.4, 0.5) is 4.79 Å². The first-order chi connectivity index (χ1) is 20.3. The van der Waals surface area contributed by atoms with E-state index in [1.807, 2.05) is 20.8 Å². The summed E-state index contributed by atoms with van der Waals surface area (Å²) >= 11 is 0. The van der Waals surface area contributed by atoms with E-state index in [2.05, 4.69) is 92.1 Å². The van der Waals surface area contributed by atoms with Crippen LogP contribution in [0.2, 0.25) is 36.3 Å². The van der Waals surface area contributed by atoms with Gasteiger partial charge in [-0.25, -0.2) is 4.79 Å². The van der Waals surface area contributed by atoms with E-state index in [4.69, 9.17) is 13.6 Å². The molecule has 1 amide bonds. The number of hydrogen-bond donors (Lipinski definition) is 2. The number of hydrogen-bond acceptors (Lipinski definition) is 6. The fourth-order valence-corrected chi connectivity index (χ4v) is 10.7. The van der Waals surface area contributed by atoms with Gasteiger partial charge in [0.15, 0.2) is 16.6 Å². The van der Waals surface area contributed by atoms with E-state index in [0.29, 0.717) is 24.3 Å². The van der Waals surface area contributed by atoms with Gasteiger partial charge in [-0.15, -0.1) is 0 Å². The second-order valence-electron chi connectivity index (χ2n) is 19.3. The molecule has 0 saturated heterocycles. The van der Waals surface area contributed by atoms with Crippen LogP contribution in [0.15, 0.2) is 5.16 Å². The lowest BCUT2D eigenvalue weighted by molar-refractivity contribution is -0.0872. The van der Waals surface area contributed by atoms with Crippen molar-refractivity contribution in [1.29, 1.82) is 0 Å². The Labute approximate surface area is 278 Å². The molecule has 0 aromatic carbocycles. The number of fused-ring (bicyclic) bond motifs is 1. The summed E-state index contributed by atoms with van der Waals surface area (Å²) in [7, 11) is -3.89. The number of rotatable bonds is 8. The Morgan fingerprint density at radius 1 is 0.911 bits per heavy atom. The highest BCUT2D eigenvalue weighted by molar-refractivity contribution is 6.74. The smallest absolute Gasteiger partial charge is 0.407 e. The number of carbonyl (C=O) groups excluding carboxylic acids is 1. The minimum Gasteiger partial charge on any atom is -0.444 e. The highest BCUT2D eigenvalue weighted by Gasteiger charge is 2.58. The Hall–Kier alpha value is -0.906. The van der Waals surface area contributed by atoms with Crippen LogP contribution in [-0.2, 0) is 13.6 Å². The van der Waals surface area contributed by atoms with Crippen molar-refractivity contribution in [3.8, 4) is 0 Å². The summed E-state index contributed by atoms with van der Waals surface area (Å²) < 4.78 is 19.8. The number of amides is 1. The molecule has 7 atom stereocenters. The predicted octanol–water partition coefficient (Wildman–Crippen LogP) is 10.0. The normalized spacial score (nSPS) is 34.5. The lowest BCUT2D eigenvalue weighted by Crippen LogP contribution is -2.56. The fraction of sp³-hybridized carbons (Fsp3) is 0.944. The number of oxime groups is 1. The molecular weight excluding hydrogens is 597 g/mol. The van der Waals surface area contributed by atoms with E-state index in [0.717, 1.165) is 57.3 Å². The third kappa shape index (κ3) is 8.40. The van der Waals surface area contributed by atoms with Crippen LogP contribution in [0.3, 0.4) is 0 Å². The van der Waals surface area contributed by atoms with Gasteiger partial charge in [0.25, 0.3) is 0 Å². The molecule has 3 aliphatic carbocycles. The summed E-state index contributed by atoms with van der Waals surface area (Å²) in [6.07, 6.45) is 6.95. The quantitative estimate of drug-likeness (QED) is 0.153. The van der Waals surface area contributed by atoms with E-state index in [9.17, 15) is 10.0 Å². The SMILES string of the molecule is CC(C)(C)OC(=O)NC[C@@H]1[C@@H]([C@@]2(C)CCC(O[Si](C)(C)C(C)(C)C)C[C@@H]2CO[Si](C)(C)C(C)(C)C)CC[C@]2(C)/C(=N/O)CC[C@@H]12. The van der Waals surface area contributed by atoms with Crippen molar-refractivity contribution in [1.82, 2.24) is 5.32 Å². The average Bonchev–Trinajstić information content (AvgIpc) is 3.21. The molecule has 2 N–H and O–H groups in total. The third-order valence-corrected chi connectivity index (χ3v) is 22.3. The molecule has 3 saturated carbocycles. The van der Waals surface area contributed by atoms with Gasteiger partial charge in [-0.2, -0.15) is 0 Å². The Morgan fingerprint density at radius 2 is 1.51 bits per heavy atom. The van der Waals surface area contributed by atoms with Gasteiger partial charge in [0.1, 0.15) is 5.60 Å². The summed E-state index contributed by atoms with van der Waals surface area (Å²) in [5.41, 5.74) is 0.284. The molecule has 7 nitrogen and oxygen atoms in total. The molecular formula is C36H70N2O5Si2. The second-order valence-corrected chi connectivity index (χ2v) is 28.9. The lowest BCUT2D eigenvalue weighted by atomic mass is 9.49. The van der Waals surface area contributed by atoms with Gasteiger partial charge < -0.3 is 24.1 Å². The largest absolute Gasteiger partial charge is 0.444 e. The molecule has 3 aliphatic rings. The zero-order valence-corrected chi connectivity index (χ0v) is 33.8. The van der Waals surface area contributed by atoms with E-state index in [-0.39, 0.29) is 39.0 Å². The maximum Gasteiger partial charge on any atom is 0.407 e. The topological polar surface area (TPSA) is 89.4 Å². The van der Waals surface area contributed by atoms with Crippen LogP contribution < -0.4 is 5.32 Å². The fourth-order valence-electron chi connectivity index (χ4n) is 8.21. The van der Waals surface area contributed by atoms with Crippen molar-refractivity contribution in [2.75, 3.05) is 13.2 Å². The lowest BCUT2D eigenvalue weighted by Gasteiger charge is -2.57. The molecule has 0 bridgehead atoms. The van der Waals surface area contributed by atoms with Gasteiger partial charge >= 0.3 is 6.09 Å². The second kappa shape index (κ2) is 13.2. The van der Waals surface area contributed by atoms with Crippen LogP contribution in [0.1, 0.15) is 121 Å². The molecule has 262 valence electrons. The average molecular weight is 667 g/mol. The van der Waals surface area contributed by atoms with Crippen molar-refractivity contribution in [3.63, 3.8) is 0 Å². The Bertz CT molecular complexity index is 1070. The van der Waals surface area contributed by atoms with Crippen molar-refractivity contribution < 1.29 is 23.6 Å². The van der Waals surface area contributed by atoms with E-state index >= 15 is 0 Å². The molecule has 0 aromatic rings. The van der Waals surface area contributed by atoms with Crippen LogP contribution in [0.25, 0.3) is 0 Å². The van der Waals surface area contributed by atoms with Gasteiger partial charge in [-0.1, -0.05) is 60.5 Å². The first-order valence-electron chi connectivity index (χ1n) is 17.8. The van der Waals surface area contributed by atoms with Gasteiger partial charge in [0, 0.05) is 24.7 Å². The minimum atomic E-state index is -1.97. The van der Waals surface area contributed by atoms with Crippen molar-refractivity contribution in [2.45, 2.75) is 169 Å². The van der Waals surface area contributed by atoms with Crippen LogP contribution in [0.5, 0.6) is 0 Å². The molecule has 1 unspecified atom stereocenters. The van der Waals surface area contributed by atoms with Gasteiger partial charge in [-0.3, -0.25) is 0 Å². The number of nitrogens with one attached hydrogen (secondary N) is 1. The number of alkyl carbamates (subject to hydrolysis) is 1. The van der Waals surface area contributed by atoms with Crippen LogP contribution >= 0.6 is 0 Å². The highest BCUT2D eigenvalue weighted by Crippen LogP contribution is 2.62. The first kappa shape index (κ1) is 38.5. The summed E-state index contributed by atoms with van der Waals surface area (Å²) in [4.78, 5) is 13.0. The van der Waals surface area contributed by atoms with E-state index in [1.54, 1.807) is 0 Å². The van der Waals surface area contributed by atoms with E-state index < -0.39 is 22.2 Å². The van der Waals surface area contributed by atoms with Crippen molar-refractivity contribution >= 4 is 28.4 Å². The number of ether oxygens (including phenoxy) is 1. The number of nitrogens with zero attached hydrogens (tertiary/aromatic N) is 1. The molecule has 0 aliphatic heterocycles. The summed E-state index contributed by atoms with van der Waals surface area (Å²) in [5, 5.41) is 17.3. The zero-order valence-electron chi connectivity index (χ0n) is 31.8. The Kier molecular flexibility index (Phi) is 11.3. The third-order valence-electron chi connectivity index (χ3n) is 13.2. The molecule has 0 aromatic heterocycles. The molecule has 0 heterocycles. The molecule has 9 heteroatoms. The maximum atomic E-state index is 13.0. The Morgan fingerprint density at radius 3 is 2.04 bits per heavy atom. The molecule has 3 rings (SSSR count). The molecule has 45 heavy (non-hydrogen) atoms. The summed E-state index contributed by atoms with van der Waals surface area (Å²) in [5.74, 6) is 1.37. The van der Waals surface area contributed by atoms with Gasteiger partial charge in [-0.05, 0) is 131 Å². The zero-order chi connectivity index (χ0) is 34.4. The van der Waals surface area contributed by atoms with Crippen LogP contribution in [0, 0.1) is 34.5 Å². The first-order valence-corrected chi connectivity index (χ1v) is 23.6. The number of carbonyl (C=O) groups is 1. The van der Waals surface area contributed by atoms with Crippen LogP contribution in [-0.4, -0.2) is 58.5 Å². The van der Waals surface area contributed by atoms with Crippen molar-refractivity contribution in [3.05, 3.63) is 0 Å². The highest BCUT2D eigenvalue weighted by atomic mass is 28.4. The summed E-state index contributed by atoms with van der Waals surface area (Å²) in [6, 6.07) is 0. The van der Waals surface area contributed by atoms with E-state index in [1.165, 1.54) is 0 Å². The van der Waals surface area contributed by atoms with Crippen molar-refractivity contribution in [2.24, 2.45) is 39.7 Å². The molecule has 0 spiro atoms. The summed E-state index contributed by atoms with van der Waals surface area (Å²) in [6.45, 7) is 35.3. The standard InChI is InChI=1S/C36H70N2O5Si2/c1-32(2,3)42-31(39)37-23-27-28-16-17-30(38-40)36(28,11)21-19-29(27)35(10)20-18-26(43-45(14,15)34(7,8)9)22-25(35)24-41-44(12,13)33(4,5)6/h25-29,40H,16-24H2,1-15H3,(H,37,39)/b38-30+/t25-,26?,27+,28+,29+,35+,36+/m1/s1. The Balaban J connectivity index is 1.98. The molecule has 0 radical (unpaired) electrons. The monoisotopic (exact) mass is 666 g/mol. The molecule has 3 fully saturated rings. The predicted molar refractivity (Wildman–Crippen MR) is 191 cm³/mol.